The molecular formula is C23H24Cl2F3NO3. The third-order valence-electron chi connectivity index (χ3n) is 5.71. The summed E-state index contributed by atoms with van der Waals surface area (Å²) in [5.41, 5.74) is -0.172. The van der Waals surface area contributed by atoms with Gasteiger partial charge in [-0.05, 0) is 55.2 Å². The summed E-state index contributed by atoms with van der Waals surface area (Å²) in [7, 11) is 0. The van der Waals surface area contributed by atoms with Crippen molar-refractivity contribution in [3.05, 3.63) is 63.6 Å². The Labute approximate surface area is 194 Å². The van der Waals surface area contributed by atoms with Crippen LogP contribution in [0.1, 0.15) is 44.2 Å². The summed E-state index contributed by atoms with van der Waals surface area (Å²) < 4.78 is 40.6. The smallest absolute Gasteiger partial charge is 0.392 e. The number of alkyl halides is 3. The molecule has 3 atom stereocenters. The Morgan fingerprint density at radius 1 is 1.09 bits per heavy atom. The van der Waals surface area contributed by atoms with Crippen molar-refractivity contribution in [2.45, 2.75) is 45.7 Å². The zero-order valence-electron chi connectivity index (χ0n) is 17.8. The van der Waals surface area contributed by atoms with E-state index >= 15 is 0 Å². The van der Waals surface area contributed by atoms with Crippen LogP contribution in [0.4, 0.5) is 18.9 Å². The molecule has 0 aliphatic rings. The second-order valence-corrected chi connectivity index (χ2v) is 8.90. The molecule has 2 aromatic rings. The van der Waals surface area contributed by atoms with Gasteiger partial charge in [-0.1, -0.05) is 55.2 Å². The van der Waals surface area contributed by atoms with Gasteiger partial charge in [0.05, 0.1) is 28.0 Å². The lowest BCUT2D eigenvalue weighted by atomic mass is 9.81. The third kappa shape index (κ3) is 6.17. The molecule has 0 aliphatic heterocycles. The van der Waals surface area contributed by atoms with E-state index in [0.717, 1.165) is 6.92 Å². The number of carbonyl (C=O) groups excluding carboxylic acids is 1. The van der Waals surface area contributed by atoms with Crippen LogP contribution in [0.2, 0.25) is 10.0 Å². The lowest BCUT2D eigenvalue weighted by Crippen LogP contribution is -2.34. The van der Waals surface area contributed by atoms with Crippen LogP contribution in [0.25, 0.3) is 0 Å². The van der Waals surface area contributed by atoms with Gasteiger partial charge in [0.25, 0.3) is 0 Å². The van der Waals surface area contributed by atoms with Gasteiger partial charge in [-0.15, -0.1) is 0 Å². The van der Waals surface area contributed by atoms with Crippen LogP contribution in [-0.4, -0.2) is 23.2 Å². The van der Waals surface area contributed by atoms with Crippen molar-refractivity contribution in [1.29, 1.82) is 0 Å². The first kappa shape index (κ1) is 26.0. The van der Waals surface area contributed by atoms with E-state index < -0.39 is 35.3 Å². The van der Waals surface area contributed by atoms with Crippen molar-refractivity contribution in [3.63, 3.8) is 0 Å². The largest absolute Gasteiger partial charge is 0.481 e. The number of benzene rings is 2. The predicted molar refractivity (Wildman–Crippen MR) is 119 cm³/mol. The Bertz CT molecular complexity index is 979. The number of halogens is 5. The highest BCUT2D eigenvalue weighted by atomic mass is 35.5. The molecule has 174 valence electrons. The molecule has 0 saturated carbocycles. The molecule has 1 amide bonds. The highest BCUT2D eigenvalue weighted by molar-refractivity contribution is 6.33. The van der Waals surface area contributed by atoms with Crippen molar-refractivity contribution >= 4 is 40.8 Å². The van der Waals surface area contributed by atoms with Gasteiger partial charge in [0, 0.05) is 5.02 Å². The van der Waals surface area contributed by atoms with E-state index in [4.69, 9.17) is 23.2 Å². The topological polar surface area (TPSA) is 66.4 Å². The fourth-order valence-electron chi connectivity index (χ4n) is 3.32. The Kier molecular flexibility index (Phi) is 8.23. The number of carbonyl (C=O) groups is 2. The number of carboxylic acid groups (broad SMARTS) is 1. The van der Waals surface area contributed by atoms with E-state index in [0.29, 0.717) is 17.0 Å². The summed E-state index contributed by atoms with van der Waals surface area (Å²) in [6.45, 7) is 4.29. The van der Waals surface area contributed by atoms with E-state index in [2.05, 4.69) is 5.32 Å². The minimum Gasteiger partial charge on any atom is -0.481 e. The molecule has 1 unspecified atom stereocenters. The van der Waals surface area contributed by atoms with Gasteiger partial charge >= 0.3 is 12.1 Å². The number of amides is 1. The molecule has 9 heteroatoms. The first-order chi connectivity index (χ1) is 14.8. The van der Waals surface area contributed by atoms with Crippen LogP contribution < -0.4 is 5.32 Å². The van der Waals surface area contributed by atoms with Crippen molar-refractivity contribution in [3.8, 4) is 0 Å². The third-order valence-corrected chi connectivity index (χ3v) is 6.29. The lowest BCUT2D eigenvalue weighted by molar-refractivity contribution is -0.178. The van der Waals surface area contributed by atoms with Gasteiger partial charge in [0.15, 0.2) is 0 Å². The van der Waals surface area contributed by atoms with E-state index in [1.54, 1.807) is 19.9 Å². The summed E-state index contributed by atoms with van der Waals surface area (Å²) in [5.74, 6) is -5.36. The zero-order valence-corrected chi connectivity index (χ0v) is 19.3. The molecule has 32 heavy (non-hydrogen) atoms. The lowest BCUT2D eigenvalue weighted by Gasteiger charge is -2.26. The maximum atomic E-state index is 13.5. The maximum absolute atomic E-state index is 13.5. The van der Waals surface area contributed by atoms with Gasteiger partial charge in [0.2, 0.25) is 5.91 Å². The molecule has 0 radical (unpaired) electrons. The molecule has 2 rings (SSSR count). The monoisotopic (exact) mass is 489 g/mol. The van der Waals surface area contributed by atoms with Crippen LogP contribution in [0, 0.1) is 11.3 Å². The van der Waals surface area contributed by atoms with E-state index in [1.807, 2.05) is 0 Å². The standard InChI is InChI=1S/C23H24Cl2F3NO3/c1-4-22(3,21(31)32)12-14-5-10-17(25)18(11-14)29-20(30)19(13(2)23(26,27)28)15-6-8-16(24)9-7-15/h5-11,13,19H,4,12H2,1-3H3,(H,29,30)(H,31,32)/t13-,19+,22?/m1/s1. The minimum absolute atomic E-state index is 0.117. The second-order valence-electron chi connectivity index (χ2n) is 8.06. The van der Waals surface area contributed by atoms with E-state index in [1.165, 1.54) is 36.4 Å². The van der Waals surface area contributed by atoms with Crippen LogP contribution >= 0.6 is 23.2 Å². The number of hydrogen-bond donors (Lipinski definition) is 2. The average molecular weight is 490 g/mol. The molecule has 0 aliphatic carbocycles. The van der Waals surface area contributed by atoms with Gasteiger partial charge in [-0.25, -0.2) is 0 Å². The Hall–Kier alpha value is -2.25. The predicted octanol–water partition coefficient (Wildman–Crippen LogP) is 6.96. The molecule has 0 fully saturated rings. The van der Waals surface area contributed by atoms with Gasteiger partial charge in [-0.2, -0.15) is 13.2 Å². The van der Waals surface area contributed by atoms with Crippen LogP contribution in [0.15, 0.2) is 42.5 Å². The van der Waals surface area contributed by atoms with E-state index in [-0.39, 0.29) is 22.7 Å². The number of aliphatic carboxylic acids is 1. The molecule has 2 N–H and O–H groups in total. The van der Waals surface area contributed by atoms with Gasteiger partial charge in [-0.3, -0.25) is 9.59 Å². The molecule has 0 saturated heterocycles. The molecule has 0 aromatic heterocycles. The molecule has 4 nitrogen and oxygen atoms in total. The Balaban J connectivity index is 2.38. The second kappa shape index (κ2) is 10.1. The molecule has 2 aromatic carbocycles. The number of anilines is 1. The number of nitrogens with one attached hydrogen (secondary N) is 1. The molecule has 0 heterocycles. The van der Waals surface area contributed by atoms with Gasteiger partial charge in [0.1, 0.15) is 0 Å². The summed E-state index contributed by atoms with van der Waals surface area (Å²) in [4.78, 5) is 24.6. The van der Waals surface area contributed by atoms with E-state index in [9.17, 15) is 27.9 Å². The highest BCUT2D eigenvalue weighted by Gasteiger charge is 2.45. The van der Waals surface area contributed by atoms with Gasteiger partial charge < -0.3 is 10.4 Å². The first-order valence-corrected chi connectivity index (χ1v) is 10.7. The zero-order chi connectivity index (χ0) is 24.3. The number of hydrogen-bond acceptors (Lipinski definition) is 2. The Morgan fingerprint density at radius 2 is 1.69 bits per heavy atom. The summed E-state index contributed by atoms with van der Waals surface area (Å²) >= 11 is 12.0. The normalized spacial score (nSPS) is 15.5. The van der Waals surface area contributed by atoms with Crippen molar-refractivity contribution in [2.24, 2.45) is 11.3 Å². The Morgan fingerprint density at radius 3 is 2.19 bits per heavy atom. The molecule has 0 spiro atoms. The van der Waals surface area contributed by atoms with Crippen LogP contribution in [0.3, 0.4) is 0 Å². The summed E-state index contributed by atoms with van der Waals surface area (Å²) in [6.07, 6.45) is -4.08. The SMILES string of the molecule is CCC(C)(Cc1ccc(Cl)c(NC(=O)[C@H](c2ccc(Cl)cc2)[C@@H](C)C(F)(F)F)c1)C(=O)O. The molecular weight excluding hydrogens is 466 g/mol. The van der Waals surface area contributed by atoms with Crippen molar-refractivity contribution in [1.82, 2.24) is 0 Å². The summed E-state index contributed by atoms with van der Waals surface area (Å²) in [6, 6.07) is 10.2. The minimum atomic E-state index is -4.61. The van der Waals surface area contributed by atoms with Crippen LogP contribution in [-0.2, 0) is 16.0 Å². The number of rotatable bonds is 8. The fraction of sp³-hybridized carbons (Fsp3) is 0.391. The average Bonchev–Trinajstić information content (AvgIpc) is 2.71. The first-order valence-electron chi connectivity index (χ1n) is 9.93. The molecule has 0 bridgehead atoms. The number of carboxylic acids is 1. The highest BCUT2D eigenvalue weighted by Crippen LogP contribution is 2.39. The maximum Gasteiger partial charge on any atom is 0.392 e. The van der Waals surface area contributed by atoms with Crippen molar-refractivity contribution < 1.29 is 27.9 Å². The van der Waals surface area contributed by atoms with Crippen molar-refractivity contribution in [2.75, 3.05) is 5.32 Å². The summed E-state index contributed by atoms with van der Waals surface area (Å²) in [5, 5.41) is 12.5. The fourth-order valence-corrected chi connectivity index (χ4v) is 3.61. The van der Waals surface area contributed by atoms with Crippen LogP contribution in [0.5, 0.6) is 0 Å². The quantitative estimate of drug-likeness (QED) is 0.421.